The number of rotatable bonds is 10. The molecule has 0 saturated heterocycles. The van der Waals surface area contributed by atoms with Gasteiger partial charge in [-0.2, -0.15) is 4.31 Å². The van der Waals surface area contributed by atoms with E-state index in [-0.39, 0.29) is 11.4 Å². The standard InChI is InChI=1S/C27H30N2O5S/c1-19-5-9-23(10-6-19)35(30,31)29(18-20-7-12-26(33-3)27(15-20)34-4)14-13-21-17-28-25-11-8-22(32-2)16-24(21)25/h5-12,15-17,28H,13-14,18H2,1-4H3. The van der Waals surface area contributed by atoms with E-state index in [1.807, 2.05) is 55.6 Å². The molecule has 0 fully saturated rings. The molecule has 0 unspecified atom stereocenters. The highest BCUT2D eigenvalue weighted by Gasteiger charge is 2.25. The van der Waals surface area contributed by atoms with Crippen LogP contribution in [0.3, 0.4) is 0 Å². The molecule has 35 heavy (non-hydrogen) atoms. The van der Waals surface area contributed by atoms with Crippen LogP contribution in [0.25, 0.3) is 10.9 Å². The molecule has 184 valence electrons. The number of nitrogens with zero attached hydrogens (tertiary/aromatic N) is 1. The zero-order valence-electron chi connectivity index (χ0n) is 20.4. The Hall–Kier alpha value is -3.49. The SMILES string of the molecule is COc1ccc2[nH]cc(CCN(Cc3ccc(OC)c(OC)c3)S(=O)(=O)c3ccc(C)cc3)c2c1. The highest BCUT2D eigenvalue weighted by atomic mass is 32.2. The van der Waals surface area contributed by atoms with Gasteiger partial charge in [-0.1, -0.05) is 23.8 Å². The largest absolute Gasteiger partial charge is 0.497 e. The normalized spacial score (nSPS) is 11.7. The second kappa shape index (κ2) is 10.4. The third kappa shape index (κ3) is 5.28. The molecule has 4 rings (SSSR count). The zero-order valence-corrected chi connectivity index (χ0v) is 21.2. The summed E-state index contributed by atoms with van der Waals surface area (Å²) in [6.45, 7) is 2.43. The van der Waals surface area contributed by atoms with E-state index in [9.17, 15) is 8.42 Å². The lowest BCUT2D eigenvalue weighted by molar-refractivity contribution is 0.353. The average Bonchev–Trinajstić information content (AvgIpc) is 3.28. The molecule has 0 atom stereocenters. The van der Waals surface area contributed by atoms with Crippen molar-refractivity contribution in [3.63, 3.8) is 0 Å². The maximum atomic E-state index is 13.7. The molecule has 0 bridgehead atoms. The third-order valence-electron chi connectivity index (χ3n) is 6.07. The lowest BCUT2D eigenvalue weighted by Crippen LogP contribution is -2.32. The number of benzene rings is 3. The number of fused-ring (bicyclic) bond motifs is 1. The van der Waals surface area contributed by atoms with Gasteiger partial charge in [0.2, 0.25) is 10.0 Å². The van der Waals surface area contributed by atoms with Crippen LogP contribution < -0.4 is 14.2 Å². The Balaban J connectivity index is 1.67. The molecule has 0 spiro atoms. The van der Waals surface area contributed by atoms with Crippen LogP contribution in [0.1, 0.15) is 16.7 Å². The second-order valence-corrected chi connectivity index (χ2v) is 10.3. The van der Waals surface area contributed by atoms with Crippen LogP contribution in [-0.4, -0.2) is 45.6 Å². The van der Waals surface area contributed by atoms with Crippen LogP contribution >= 0.6 is 0 Å². The fourth-order valence-corrected chi connectivity index (χ4v) is 5.49. The fourth-order valence-electron chi connectivity index (χ4n) is 4.06. The first kappa shape index (κ1) is 24.6. The third-order valence-corrected chi connectivity index (χ3v) is 7.93. The minimum atomic E-state index is -3.74. The Morgan fingerprint density at radius 3 is 2.29 bits per heavy atom. The van der Waals surface area contributed by atoms with Crippen molar-refractivity contribution < 1.29 is 22.6 Å². The predicted octanol–water partition coefficient (Wildman–Crippen LogP) is 4.94. The quantitative estimate of drug-likeness (QED) is 0.338. The molecule has 0 aliphatic rings. The summed E-state index contributed by atoms with van der Waals surface area (Å²) < 4.78 is 45.0. The van der Waals surface area contributed by atoms with Crippen molar-refractivity contribution in [1.29, 1.82) is 0 Å². The van der Waals surface area contributed by atoms with Crippen LogP contribution in [-0.2, 0) is 23.0 Å². The van der Waals surface area contributed by atoms with E-state index in [1.165, 1.54) is 4.31 Å². The number of nitrogens with one attached hydrogen (secondary N) is 1. The molecule has 1 N–H and O–H groups in total. The van der Waals surface area contributed by atoms with Crippen LogP contribution in [0, 0.1) is 6.92 Å². The van der Waals surface area contributed by atoms with Crippen molar-refractivity contribution >= 4 is 20.9 Å². The van der Waals surface area contributed by atoms with Gasteiger partial charge in [-0.05, 0) is 66.9 Å². The van der Waals surface area contributed by atoms with Crippen LogP contribution in [0.2, 0.25) is 0 Å². The molecule has 0 radical (unpaired) electrons. The molecule has 1 heterocycles. The van der Waals surface area contributed by atoms with Gasteiger partial charge in [-0.3, -0.25) is 0 Å². The Bertz CT molecular complexity index is 1410. The number of H-pyrrole nitrogens is 1. The van der Waals surface area contributed by atoms with E-state index in [4.69, 9.17) is 14.2 Å². The van der Waals surface area contributed by atoms with Crippen LogP contribution in [0.4, 0.5) is 0 Å². The summed E-state index contributed by atoms with van der Waals surface area (Å²) in [6.07, 6.45) is 2.46. The minimum absolute atomic E-state index is 0.197. The van der Waals surface area contributed by atoms with Crippen LogP contribution in [0.5, 0.6) is 17.2 Å². The number of aryl methyl sites for hydroxylation is 1. The highest BCUT2D eigenvalue weighted by molar-refractivity contribution is 7.89. The Kier molecular flexibility index (Phi) is 7.33. The van der Waals surface area contributed by atoms with E-state index in [0.29, 0.717) is 24.5 Å². The van der Waals surface area contributed by atoms with Crippen LogP contribution in [0.15, 0.2) is 71.8 Å². The second-order valence-electron chi connectivity index (χ2n) is 8.32. The van der Waals surface area contributed by atoms with Gasteiger partial charge in [-0.25, -0.2) is 8.42 Å². The van der Waals surface area contributed by atoms with Crippen molar-refractivity contribution in [2.75, 3.05) is 27.9 Å². The monoisotopic (exact) mass is 494 g/mol. The number of aromatic nitrogens is 1. The number of aromatic amines is 1. The average molecular weight is 495 g/mol. The maximum absolute atomic E-state index is 13.7. The predicted molar refractivity (Wildman–Crippen MR) is 137 cm³/mol. The van der Waals surface area contributed by atoms with Gasteiger partial charge in [0.1, 0.15) is 5.75 Å². The molecule has 0 aliphatic heterocycles. The van der Waals surface area contributed by atoms with Crippen molar-refractivity contribution in [1.82, 2.24) is 9.29 Å². The topological polar surface area (TPSA) is 80.9 Å². The summed E-state index contributed by atoms with van der Waals surface area (Å²) >= 11 is 0. The Morgan fingerprint density at radius 2 is 1.60 bits per heavy atom. The molecule has 0 aliphatic carbocycles. The molecular weight excluding hydrogens is 464 g/mol. The fraction of sp³-hybridized carbons (Fsp3) is 0.259. The van der Waals surface area contributed by atoms with E-state index in [0.717, 1.165) is 33.3 Å². The van der Waals surface area contributed by atoms with E-state index in [2.05, 4.69) is 4.98 Å². The van der Waals surface area contributed by atoms with Gasteiger partial charge in [0.05, 0.1) is 26.2 Å². The smallest absolute Gasteiger partial charge is 0.243 e. The van der Waals surface area contributed by atoms with E-state index in [1.54, 1.807) is 39.5 Å². The van der Waals surface area contributed by atoms with Gasteiger partial charge < -0.3 is 19.2 Å². The first-order valence-corrected chi connectivity index (χ1v) is 12.7. The lowest BCUT2D eigenvalue weighted by Gasteiger charge is -2.23. The van der Waals surface area contributed by atoms with E-state index >= 15 is 0 Å². The van der Waals surface area contributed by atoms with Crippen molar-refractivity contribution in [2.24, 2.45) is 0 Å². The number of hydrogen-bond acceptors (Lipinski definition) is 5. The number of methoxy groups -OCH3 is 3. The summed E-state index contributed by atoms with van der Waals surface area (Å²) in [5.41, 5.74) is 3.81. The molecule has 7 nitrogen and oxygen atoms in total. The lowest BCUT2D eigenvalue weighted by atomic mass is 10.1. The summed E-state index contributed by atoms with van der Waals surface area (Å²) in [7, 11) is 1.02. The number of ether oxygens (including phenoxy) is 3. The molecule has 4 aromatic rings. The first-order valence-electron chi connectivity index (χ1n) is 11.3. The molecule has 0 saturated carbocycles. The zero-order chi connectivity index (χ0) is 25.0. The highest BCUT2D eigenvalue weighted by Crippen LogP contribution is 2.30. The van der Waals surface area contributed by atoms with Crippen molar-refractivity contribution in [2.45, 2.75) is 24.8 Å². The van der Waals surface area contributed by atoms with Gasteiger partial charge in [0, 0.05) is 30.2 Å². The Morgan fingerprint density at radius 1 is 0.857 bits per heavy atom. The molecule has 1 aromatic heterocycles. The number of sulfonamides is 1. The van der Waals surface area contributed by atoms with Crippen molar-refractivity contribution in [3.8, 4) is 17.2 Å². The van der Waals surface area contributed by atoms with Gasteiger partial charge in [-0.15, -0.1) is 0 Å². The molecule has 8 heteroatoms. The van der Waals surface area contributed by atoms with E-state index < -0.39 is 10.0 Å². The minimum Gasteiger partial charge on any atom is -0.497 e. The molecule has 0 amide bonds. The van der Waals surface area contributed by atoms with Gasteiger partial charge in [0.25, 0.3) is 0 Å². The summed E-state index contributed by atoms with van der Waals surface area (Å²) in [5.74, 6) is 1.91. The van der Waals surface area contributed by atoms with Gasteiger partial charge >= 0.3 is 0 Å². The summed E-state index contributed by atoms with van der Waals surface area (Å²) in [4.78, 5) is 3.53. The summed E-state index contributed by atoms with van der Waals surface area (Å²) in [6, 6.07) is 18.2. The first-order chi connectivity index (χ1) is 16.8. The maximum Gasteiger partial charge on any atom is 0.243 e. The molecule has 3 aromatic carbocycles. The number of hydrogen-bond donors (Lipinski definition) is 1. The van der Waals surface area contributed by atoms with Gasteiger partial charge in [0.15, 0.2) is 11.5 Å². The Labute approximate surface area is 206 Å². The summed E-state index contributed by atoms with van der Waals surface area (Å²) in [5, 5.41) is 1.02. The molecular formula is C27H30N2O5S. The van der Waals surface area contributed by atoms with Crippen molar-refractivity contribution in [3.05, 3.63) is 83.6 Å².